The Morgan fingerprint density at radius 3 is 2.77 bits per heavy atom. The van der Waals surface area contributed by atoms with E-state index in [1.54, 1.807) is 12.7 Å². The second kappa shape index (κ2) is 6.06. The lowest BCUT2D eigenvalue weighted by molar-refractivity contribution is 0.244. The monoisotopic (exact) mass is 300 g/mol. The molecule has 6 heteroatoms. The van der Waals surface area contributed by atoms with Gasteiger partial charge in [0.1, 0.15) is 12.7 Å². The second-order valence-corrected chi connectivity index (χ2v) is 6.93. The third-order valence-corrected chi connectivity index (χ3v) is 4.16. The lowest BCUT2D eigenvalue weighted by Crippen LogP contribution is -2.43. The van der Waals surface area contributed by atoms with Crippen molar-refractivity contribution >= 4 is 5.69 Å². The molecule has 1 saturated heterocycles. The van der Waals surface area contributed by atoms with Gasteiger partial charge < -0.3 is 5.32 Å². The van der Waals surface area contributed by atoms with Gasteiger partial charge in [0.25, 0.3) is 0 Å². The first kappa shape index (κ1) is 15.0. The number of nitrogens with zero attached hydrogens (tertiary/aromatic N) is 3. The van der Waals surface area contributed by atoms with Crippen LogP contribution in [0.5, 0.6) is 0 Å². The molecule has 1 aromatic heterocycles. The molecular formula is C16H24N6. The molecule has 6 nitrogen and oxygen atoms in total. The average Bonchev–Trinajstić information content (AvgIpc) is 3.16. The molecule has 0 spiro atoms. The fourth-order valence-electron chi connectivity index (χ4n) is 3.01. The van der Waals surface area contributed by atoms with Gasteiger partial charge in [-0.3, -0.25) is 15.4 Å². The van der Waals surface area contributed by atoms with Gasteiger partial charge in [0.2, 0.25) is 0 Å². The van der Waals surface area contributed by atoms with Crippen molar-refractivity contribution in [3.05, 3.63) is 36.9 Å². The van der Waals surface area contributed by atoms with Gasteiger partial charge in [-0.1, -0.05) is 26.8 Å². The van der Waals surface area contributed by atoms with Crippen LogP contribution in [0.15, 0.2) is 36.9 Å². The molecule has 22 heavy (non-hydrogen) atoms. The van der Waals surface area contributed by atoms with Crippen molar-refractivity contribution in [1.29, 1.82) is 0 Å². The summed E-state index contributed by atoms with van der Waals surface area (Å²) in [5.41, 5.74) is 9.11. The zero-order valence-electron chi connectivity index (χ0n) is 13.4. The number of benzene rings is 1. The summed E-state index contributed by atoms with van der Waals surface area (Å²) in [4.78, 5) is 0. The smallest absolute Gasteiger partial charge is 0.123 e. The van der Waals surface area contributed by atoms with Crippen LogP contribution in [0.4, 0.5) is 5.69 Å². The predicted molar refractivity (Wildman–Crippen MR) is 87.7 cm³/mol. The molecule has 118 valence electrons. The quantitative estimate of drug-likeness (QED) is 0.804. The molecule has 3 N–H and O–H groups in total. The van der Waals surface area contributed by atoms with Crippen LogP contribution in [-0.4, -0.2) is 33.9 Å². The maximum atomic E-state index is 3.85. The summed E-state index contributed by atoms with van der Waals surface area (Å²) in [5.74, 6) is 0.554. The number of anilines is 1. The van der Waals surface area contributed by atoms with Crippen LogP contribution < -0.4 is 16.2 Å². The zero-order valence-corrected chi connectivity index (χ0v) is 13.4. The van der Waals surface area contributed by atoms with E-state index >= 15 is 0 Å². The van der Waals surface area contributed by atoms with Crippen molar-refractivity contribution in [1.82, 2.24) is 25.6 Å². The Kier molecular flexibility index (Phi) is 4.13. The summed E-state index contributed by atoms with van der Waals surface area (Å²) >= 11 is 0. The van der Waals surface area contributed by atoms with Crippen LogP contribution >= 0.6 is 0 Å². The topological polar surface area (TPSA) is 66.8 Å². The van der Waals surface area contributed by atoms with Crippen LogP contribution in [0, 0.1) is 11.3 Å². The van der Waals surface area contributed by atoms with E-state index in [4.69, 9.17) is 0 Å². The molecule has 0 radical (unpaired) electrons. The van der Waals surface area contributed by atoms with Gasteiger partial charge in [-0.25, -0.2) is 0 Å². The molecule has 1 fully saturated rings. The summed E-state index contributed by atoms with van der Waals surface area (Å²) in [7, 11) is 0. The number of hydrazine groups is 1. The number of hydrogen-bond acceptors (Lipinski definition) is 5. The van der Waals surface area contributed by atoms with Gasteiger partial charge in [0.05, 0.1) is 5.69 Å². The van der Waals surface area contributed by atoms with Gasteiger partial charge in [0, 0.05) is 30.7 Å². The van der Waals surface area contributed by atoms with E-state index in [9.17, 15) is 0 Å². The van der Waals surface area contributed by atoms with Gasteiger partial charge in [0.15, 0.2) is 0 Å². The highest BCUT2D eigenvalue weighted by molar-refractivity contribution is 5.51. The van der Waals surface area contributed by atoms with Crippen molar-refractivity contribution < 1.29 is 0 Å². The van der Waals surface area contributed by atoms with Gasteiger partial charge in [-0.2, -0.15) is 0 Å². The highest BCUT2D eigenvalue weighted by Gasteiger charge is 2.35. The van der Waals surface area contributed by atoms with E-state index in [1.165, 1.54) is 0 Å². The van der Waals surface area contributed by atoms with Crippen LogP contribution in [0.1, 0.15) is 20.8 Å². The highest BCUT2D eigenvalue weighted by atomic mass is 15.4. The highest BCUT2D eigenvalue weighted by Crippen LogP contribution is 2.27. The molecule has 2 aromatic rings. The third kappa shape index (κ3) is 3.28. The zero-order chi connectivity index (χ0) is 15.6. The maximum absolute atomic E-state index is 3.85. The number of hydrogen-bond donors (Lipinski definition) is 3. The molecule has 0 saturated carbocycles. The predicted octanol–water partition coefficient (Wildman–Crippen LogP) is 1.82. The molecular weight excluding hydrogens is 276 g/mol. The Balaban J connectivity index is 1.66. The average molecular weight is 300 g/mol. The molecule has 1 aliphatic rings. The summed E-state index contributed by atoms with van der Waals surface area (Å²) < 4.78 is 1.90. The normalized spacial score (nSPS) is 22.0. The van der Waals surface area contributed by atoms with Crippen molar-refractivity contribution in [3.63, 3.8) is 0 Å². The van der Waals surface area contributed by atoms with E-state index in [0.29, 0.717) is 12.0 Å². The van der Waals surface area contributed by atoms with Crippen LogP contribution in [0.3, 0.4) is 0 Å². The maximum Gasteiger partial charge on any atom is 0.123 e. The van der Waals surface area contributed by atoms with Gasteiger partial charge in [-0.05, 0) is 23.6 Å². The van der Waals surface area contributed by atoms with Crippen LogP contribution in [0.2, 0.25) is 0 Å². The Hall–Kier alpha value is -1.92. The number of rotatable bonds is 4. The van der Waals surface area contributed by atoms with Crippen LogP contribution in [-0.2, 0) is 0 Å². The summed E-state index contributed by atoms with van der Waals surface area (Å²) in [5, 5.41) is 11.3. The van der Waals surface area contributed by atoms with Crippen molar-refractivity contribution in [3.8, 4) is 5.69 Å². The second-order valence-electron chi connectivity index (χ2n) is 6.93. The minimum Gasteiger partial charge on any atom is -0.385 e. The van der Waals surface area contributed by atoms with Crippen molar-refractivity contribution in [2.24, 2.45) is 11.3 Å². The first-order chi connectivity index (χ1) is 10.5. The Morgan fingerprint density at radius 2 is 2.05 bits per heavy atom. The van der Waals surface area contributed by atoms with E-state index in [2.05, 4.69) is 59.3 Å². The molecule has 1 aliphatic heterocycles. The van der Waals surface area contributed by atoms with Gasteiger partial charge in [-0.15, -0.1) is 10.2 Å². The summed E-state index contributed by atoms with van der Waals surface area (Å²) in [6.45, 7) is 8.75. The Morgan fingerprint density at radius 1 is 1.27 bits per heavy atom. The first-order valence-electron chi connectivity index (χ1n) is 7.71. The SMILES string of the molecule is CC(C)(C)C1NNCC1CNc1cccc(-n2cnnc2)c1. The molecule has 3 rings (SSSR count). The first-order valence-corrected chi connectivity index (χ1v) is 7.71. The summed E-state index contributed by atoms with van der Waals surface area (Å²) in [6.07, 6.45) is 3.42. The van der Waals surface area contributed by atoms with E-state index in [1.807, 2.05) is 16.7 Å². The fraction of sp³-hybridized carbons (Fsp3) is 0.500. The minimum absolute atomic E-state index is 0.236. The van der Waals surface area contributed by atoms with Crippen LogP contribution in [0.25, 0.3) is 5.69 Å². The van der Waals surface area contributed by atoms with E-state index < -0.39 is 0 Å². The molecule has 0 aliphatic carbocycles. The van der Waals surface area contributed by atoms with Crippen molar-refractivity contribution in [2.45, 2.75) is 26.8 Å². The molecule has 2 heterocycles. The number of nitrogens with one attached hydrogen (secondary N) is 3. The Labute approximate surface area is 131 Å². The molecule has 0 bridgehead atoms. The van der Waals surface area contributed by atoms with E-state index in [0.717, 1.165) is 24.5 Å². The summed E-state index contributed by atoms with van der Waals surface area (Å²) in [6, 6.07) is 8.76. The molecule has 2 unspecified atom stereocenters. The van der Waals surface area contributed by atoms with Gasteiger partial charge >= 0.3 is 0 Å². The largest absolute Gasteiger partial charge is 0.385 e. The lowest BCUT2D eigenvalue weighted by Gasteiger charge is -2.31. The lowest BCUT2D eigenvalue weighted by atomic mass is 9.80. The number of aromatic nitrogens is 3. The third-order valence-electron chi connectivity index (χ3n) is 4.16. The van der Waals surface area contributed by atoms with E-state index in [-0.39, 0.29) is 5.41 Å². The fourth-order valence-corrected chi connectivity index (χ4v) is 3.01. The molecule has 2 atom stereocenters. The Bertz CT molecular complexity index is 601. The van der Waals surface area contributed by atoms with Crippen molar-refractivity contribution in [2.75, 3.05) is 18.4 Å². The molecule has 1 aromatic carbocycles. The minimum atomic E-state index is 0.236. The molecule has 0 amide bonds. The standard InChI is InChI=1S/C16H24N6/c1-16(2,3)15-12(9-18-21-15)8-17-13-5-4-6-14(7-13)22-10-19-20-11-22/h4-7,10-12,15,17-18,21H,8-9H2,1-3H3.